The van der Waals surface area contributed by atoms with Crippen molar-refractivity contribution >= 4 is 35.2 Å². The Kier molecular flexibility index (Phi) is 6.04. The fourth-order valence-electron chi connectivity index (χ4n) is 2.39. The first-order valence-corrected chi connectivity index (χ1v) is 8.41. The molecular formula is C16H20N2O4S. The number of nitrogens with one attached hydrogen (secondary N) is 1. The minimum Gasteiger partial charge on any atom is -0.469 e. The van der Waals surface area contributed by atoms with Gasteiger partial charge < -0.3 is 15.0 Å². The van der Waals surface area contributed by atoms with Gasteiger partial charge in [-0.2, -0.15) is 0 Å². The number of nitrogens with zero attached hydrogens (tertiary/aromatic N) is 1. The monoisotopic (exact) mass is 336 g/mol. The molecule has 23 heavy (non-hydrogen) atoms. The second kappa shape index (κ2) is 8.01. The zero-order valence-electron chi connectivity index (χ0n) is 13.2. The average molecular weight is 336 g/mol. The number of hydrogen-bond acceptors (Lipinski definition) is 5. The Morgan fingerprint density at radius 1 is 1.35 bits per heavy atom. The fourth-order valence-corrected chi connectivity index (χ4v) is 3.66. The van der Waals surface area contributed by atoms with Crippen molar-refractivity contribution in [2.75, 3.05) is 24.7 Å². The lowest BCUT2D eigenvalue weighted by atomic mass is 10.1. The molecule has 0 aliphatic carbocycles. The first kappa shape index (κ1) is 17.3. The van der Waals surface area contributed by atoms with E-state index in [2.05, 4.69) is 10.1 Å². The van der Waals surface area contributed by atoms with E-state index >= 15 is 0 Å². The Morgan fingerprint density at radius 2 is 2.04 bits per heavy atom. The summed E-state index contributed by atoms with van der Waals surface area (Å²) >= 11 is 1.67. The van der Waals surface area contributed by atoms with E-state index in [1.165, 1.54) is 14.0 Å². The summed E-state index contributed by atoms with van der Waals surface area (Å²) in [6, 6.07) is 7.42. The summed E-state index contributed by atoms with van der Waals surface area (Å²) < 4.78 is 4.65. The second-order valence-electron chi connectivity index (χ2n) is 5.19. The van der Waals surface area contributed by atoms with Gasteiger partial charge in [-0.15, -0.1) is 11.8 Å². The van der Waals surface area contributed by atoms with Crippen molar-refractivity contribution in [3.8, 4) is 0 Å². The average Bonchev–Trinajstić information content (AvgIpc) is 2.53. The molecule has 0 bridgehead atoms. The van der Waals surface area contributed by atoms with E-state index in [-0.39, 0.29) is 29.6 Å². The third-order valence-corrected chi connectivity index (χ3v) is 4.78. The maximum atomic E-state index is 12.2. The highest BCUT2D eigenvalue weighted by Crippen LogP contribution is 2.37. The first-order valence-electron chi connectivity index (χ1n) is 7.36. The van der Waals surface area contributed by atoms with Gasteiger partial charge in [0.15, 0.2) is 0 Å². The molecule has 1 fully saturated rings. The lowest BCUT2D eigenvalue weighted by molar-refractivity contribution is -0.142. The largest absolute Gasteiger partial charge is 0.469 e. The molecule has 0 aromatic heterocycles. The third kappa shape index (κ3) is 4.72. The first-order chi connectivity index (χ1) is 11.0. The summed E-state index contributed by atoms with van der Waals surface area (Å²) in [5.41, 5.74) is 1.69. The lowest BCUT2D eigenvalue weighted by Gasteiger charge is -2.35. The SMILES string of the molecule is COC(=O)CCN1C(=O)CCSC1c1ccc(NC(C)=O)cc1. The van der Waals surface area contributed by atoms with E-state index in [1.54, 1.807) is 16.7 Å². The van der Waals surface area contributed by atoms with Gasteiger partial charge in [-0.05, 0) is 17.7 Å². The molecule has 1 aromatic rings. The molecular weight excluding hydrogens is 316 g/mol. The van der Waals surface area contributed by atoms with Crippen LogP contribution in [0.4, 0.5) is 5.69 Å². The number of carbonyl (C=O) groups is 3. The minimum atomic E-state index is -0.326. The van der Waals surface area contributed by atoms with Gasteiger partial charge in [0, 0.05) is 31.3 Å². The summed E-state index contributed by atoms with van der Waals surface area (Å²) in [5.74, 6) is 0.350. The summed E-state index contributed by atoms with van der Waals surface area (Å²) in [4.78, 5) is 36.3. The van der Waals surface area contributed by atoms with Gasteiger partial charge in [0.1, 0.15) is 5.37 Å². The van der Waals surface area contributed by atoms with Gasteiger partial charge in [0.25, 0.3) is 0 Å². The molecule has 124 valence electrons. The number of rotatable bonds is 5. The van der Waals surface area contributed by atoms with Gasteiger partial charge in [0.2, 0.25) is 11.8 Å². The van der Waals surface area contributed by atoms with E-state index in [4.69, 9.17) is 0 Å². The highest BCUT2D eigenvalue weighted by atomic mass is 32.2. The van der Waals surface area contributed by atoms with Crippen LogP contribution in [0.2, 0.25) is 0 Å². The van der Waals surface area contributed by atoms with Crippen molar-refractivity contribution in [3.63, 3.8) is 0 Å². The standard InChI is InChI=1S/C16H20N2O4S/c1-11(19)17-13-5-3-12(4-6-13)16-18(9-7-15(21)22-2)14(20)8-10-23-16/h3-6,16H,7-10H2,1-2H3,(H,17,19). The van der Waals surface area contributed by atoms with Crippen LogP contribution in [-0.2, 0) is 19.1 Å². The summed E-state index contributed by atoms with van der Waals surface area (Å²) in [7, 11) is 1.34. The van der Waals surface area contributed by atoms with Crippen LogP contribution in [0.15, 0.2) is 24.3 Å². The number of benzene rings is 1. The quantitative estimate of drug-likeness (QED) is 0.834. The van der Waals surface area contributed by atoms with Crippen LogP contribution in [-0.4, -0.2) is 42.1 Å². The third-order valence-electron chi connectivity index (χ3n) is 3.50. The molecule has 2 amide bonds. The molecule has 1 saturated heterocycles. The zero-order chi connectivity index (χ0) is 16.8. The number of carbonyl (C=O) groups excluding carboxylic acids is 3. The molecule has 2 rings (SSSR count). The summed E-state index contributed by atoms with van der Waals surface area (Å²) in [6.45, 7) is 1.80. The van der Waals surface area contributed by atoms with E-state index in [0.717, 1.165) is 17.0 Å². The highest BCUT2D eigenvalue weighted by molar-refractivity contribution is 7.99. The number of anilines is 1. The molecule has 1 aliphatic heterocycles. The highest BCUT2D eigenvalue weighted by Gasteiger charge is 2.30. The van der Waals surface area contributed by atoms with E-state index in [0.29, 0.717) is 13.0 Å². The van der Waals surface area contributed by atoms with E-state index < -0.39 is 0 Å². The lowest BCUT2D eigenvalue weighted by Crippen LogP contribution is -2.38. The smallest absolute Gasteiger partial charge is 0.307 e. The van der Waals surface area contributed by atoms with Crippen molar-refractivity contribution in [1.29, 1.82) is 0 Å². The van der Waals surface area contributed by atoms with Crippen molar-refractivity contribution in [3.05, 3.63) is 29.8 Å². The van der Waals surface area contributed by atoms with Crippen LogP contribution in [0.3, 0.4) is 0 Å². The molecule has 0 spiro atoms. The predicted octanol–water partition coefficient (Wildman–Crippen LogP) is 2.17. The van der Waals surface area contributed by atoms with E-state index in [9.17, 15) is 14.4 Å². The van der Waals surface area contributed by atoms with Crippen LogP contribution >= 0.6 is 11.8 Å². The van der Waals surface area contributed by atoms with Crippen LogP contribution < -0.4 is 5.32 Å². The molecule has 1 aliphatic rings. The topological polar surface area (TPSA) is 75.7 Å². The molecule has 1 atom stereocenters. The molecule has 6 nitrogen and oxygen atoms in total. The number of methoxy groups -OCH3 is 1. The van der Waals surface area contributed by atoms with E-state index in [1.807, 2.05) is 24.3 Å². The van der Waals surface area contributed by atoms with Gasteiger partial charge >= 0.3 is 5.97 Å². The van der Waals surface area contributed by atoms with Crippen LogP contribution in [0.25, 0.3) is 0 Å². The molecule has 0 saturated carbocycles. The minimum absolute atomic E-state index is 0.0450. The Labute approximate surface area is 139 Å². The van der Waals surface area contributed by atoms with Crippen molar-refractivity contribution < 1.29 is 19.1 Å². The Morgan fingerprint density at radius 3 is 2.65 bits per heavy atom. The molecule has 7 heteroatoms. The van der Waals surface area contributed by atoms with Gasteiger partial charge in [0.05, 0.1) is 13.5 Å². The number of amides is 2. The van der Waals surface area contributed by atoms with Crippen LogP contribution in [0, 0.1) is 0 Å². The van der Waals surface area contributed by atoms with Crippen LogP contribution in [0.1, 0.15) is 30.7 Å². The van der Waals surface area contributed by atoms with Gasteiger partial charge in [-0.25, -0.2) is 0 Å². The molecule has 1 unspecified atom stereocenters. The van der Waals surface area contributed by atoms with Crippen LogP contribution in [0.5, 0.6) is 0 Å². The molecule has 1 N–H and O–H groups in total. The van der Waals surface area contributed by atoms with Crippen molar-refractivity contribution in [2.24, 2.45) is 0 Å². The number of thioether (sulfide) groups is 1. The normalized spacial score (nSPS) is 17.7. The summed E-state index contributed by atoms with van der Waals surface area (Å²) in [5, 5.41) is 2.60. The zero-order valence-corrected chi connectivity index (χ0v) is 14.0. The van der Waals surface area contributed by atoms with Gasteiger partial charge in [-0.3, -0.25) is 14.4 Å². The number of hydrogen-bond donors (Lipinski definition) is 1. The Bertz CT molecular complexity index is 588. The van der Waals surface area contributed by atoms with Crippen molar-refractivity contribution in [2.45, 2.75) is 25.1 Å². The fraction of sp³-hybridized carbons (Fsp3) is 0.438. The second-order valence-corrected chi connectivity index (χ2v) is 6.38. The predicted molar refractivity (Wildman–Crippen MR) is 88.9 cm³/mol. The number of ether oxygens (including phenoxy) is 1. The maximum absolute atomic E-state index is 12.2. The Hall–Kier alpha value is -2.02. The van der Waals surface area contributed by atoms with Crippen molar-refractivity contribution in [1.82, 2.24) is 4.90 Å². The number of esters is 1. The van der Waals surface area contributed by atoms with Gasteiger partial charge in [-0.1, -0.05) is 12.1 Å². The molecule has 1 aromatic carbocycles. The Balaban J connectivity index is 2.11. The maximum Gasteiger partial charge on any atom is 0.307 e. The molecule has 0 radical (unpaired) electrons. The summed E-state index contributed by atoms with van der Waals surface area (Å²) in [6.07, 6.45) is 0.662. The molecule has 1 heterocycles.